The van der Waals surface area contributed by atoms with Crippen LogP contribution >= 0.6 is 0 Å². The van der Waals surface area contributed by atoms with Crippen LogP contribution in [-0.4, -0.2) is 55.2 Å². The Labute approximate surface area is 115 Å². The minimum absolute atomic E-state index is 0.237. The van der Waals surface area contributed by atoms with Crippen molar-refractivity contribution in [3.8, 4) is 0 Å². The Bertz CT molecular complexity index is 334. The zero-order valence-corrected chi connectivity index (χ0v) is 11.9. The molecule has 2 unspecified atom stereocenters. The van der Waals surface area contributed by atoms with Gasteiger partial charge in [0.15, 0.2) is 0 Å². The smallest absolute Gasteiger partial charge is 0.139 e. The first-order chi connectivity index (χ1) is 9.10. The predicted octanol–water partition coefficient (Wildman–Crippen LogP) is 1.77. The molecule has 0 aromatic carbocycles. The van der Waals surface area contributed by atoms with E-state index in [0.717, 1.165) is 26.2 Å². The van der Waals surface area contributed by atoms with Crippen LogP contribution in [0.2, 0.25) is 0 Å². The average molecular weight is 267 g/mol. The third-order valence-electron chi connectivity index (χ3n) is 4.80. The van der Waals surface area contributed by atoms with Gasteiger partial charge in [-0.1, -0.05) is 6.08 Å². The van der Waals surface area contributed by atoms with E-state index in [2.05, 4.69) is 23.4 Å². The number of likely N-dealkylation sites (tertiary alicyclic amines) is 2. The summed E-state index contributed by atoms with van der Waals surface area (Å²) < 4.78 is 14.0. The molecule has 0 radical (unpaired) electrons. The molecule has 0 aliphatic carbocycles. The summed E-state index contributed by atoms with van der Waals surface area (Å²) in [4.78, 5) is 4.62. The van der Waals surface area contributed by atoms with Crippen LogP contribution in [-0.2, 0) is 0 Å². The summed E-state index contributed by atoms with van der Waals surface area (Å²) >= 11 is 0. The Balaban J connectivity index is 1.98. The number of nitrogens with two attached hydrogens (primary N) is 1. The van der Waals surface area contributed by atoms with Crippen molar-refractivity contribution in [1.29, 1.82) is 0 Å². The summed E-state index contributed by atoms with van der Waals surface area (Å²) in [6, 6.07) is -0.237. The van der Waals surface area contributed by atoms with Gasteiger partial charge in [-0.3, -0.25) is 4.90 Å². The Morgan fingerprint density at radius 2 is 1.89 bits per heavy atom. The Kier molecular flexibility index (Phi) is 4.63. The highest BCUT2D eigenvalue weighted by molar-refractivity contribution is 5.06. The number of rotatable bonds is 4. The van der Waals surface area contributed by atoms with E-state index in [0.29, 0.717) is 5.41 Å². The topological polar surface area (TPSA) is 32.5 Å². The highest BCUT2D eigenvalue weighted by atomic mass is 19.1. The van der Waals surface area contributed by atoms with E-state index < -0.39 is 6.17 Å². The standard InChI is InChI=1S/C15H26FN3/c1-3-14(13(16)4-8-17)19-11-7-15(12-19)5-9-18(2)10-6-15/h3-4,8,13-14H,1,5-7,9-12,17H2,2H3/b8-4+. The van der Waals surface area contributed by atoms with Crippen LogP contribution in [0.1, 0.15) is 19.3 Å². The van der Waals surface area contributed by atoms with Gasteiger partial charge in [0.1, 0.15) is 6.17 Å². The Morgan fingerprint density at radius 1 is 1.26 bits per heavy atom. The van der Waals surface area contributed by atoms with Crippen molar-refractivity contribution in [3.63, 3.8) is 0 Å². The van der Waals surface area contributed by atoms with Gasteiger partial charge < -0.3 is 10.6 Å². The fourth-order valence-electron chi connectivity index (χ4n) is 3.43. The predicted molar refractivity (Wildman–Crippen MR) is 77.6 cm³/mol. The lowest BCUT2D eigenvalue weighted by atomic mass is 9.78. The molecule has 3 nitrogen and oxygen atoms in total. The molecule has 2 atom stereocenters. The minimum atomic E-state index is -1.05. The van der Waals surface area contributed by atoms with Crippen LogP contribution in [0, 0.1) is 5.41 Å². The lowest BCUT2D eigenvalue weighted by Crippen LogP contribution is -2.43. The second kappa shape index (κ2) is 6.06. The van der Waals surface area contributed by atoms with Gasteiger partial charge in [-0.2, -0.15) is 0 Å². The summed E-state index contributed by atoms with van der Waals surface area (Å²) in [7, 11) is 2.18. The van der Waals surface area contributed by atoms with E-state index in [1.165, 1.54) is 31.5 Å². The van der Waals surface area contributed by atoms with Crippen molar-refractivity contribution in [1.82, 2.24) is 9.80 Å². The van der Waals surface area contributed by atoms with E-state index in [4.69, 9.17) is 5.73 Å². The minimum Gasteiger partial charge on any atom is -0.405 e. The number of hydrogen-bond donors (Lipinski definition) is 1. The fraction of sp³-hybridized carbons (Fsp3) is 0.733. The van der Waals surface area contributed by atoms with E-state index in [1.807, 2.05) is 0 Å². The number of alkyl halides is 1. The SMILES string of the molecule is C=CC(C(F)/C=C/N)N1CCC2(CCN(C)CC2)C1. The Morgan fingerprint density at radius 3 is 2.47 bits per heavy atom. The van der Waals surface area contributed by atoms with Gasteiger partial charge in [0, 0.05) is 6.54 Å². The first-order valence-corrected chi connectivity index (χ1v) is 7.18. The fourth-order valence-corrected chi connectivity index (χ4v) is 3.43. The molecule has 2 heterocycles. The second-order valence-electron chi connectivity index (χ2n) is 6.08. The monoisotopic (exact) mass is 267 g/mol. The summed E-state index contributed by atoms with van der Waals surface area (Å²) in [5, 5.41) is 0. The second-order valence-corrected chi connectivity index (χ2v) is 6.08. The number of nitrogens with zero attached hydrogens (tertiary/aromatic N) is 2. The third kappa shape index (κ3) is 3.18. The van der Waals surface area contributed by atoms with Gasteiger partial charge in [-0.05, 0) is 63.6 Å². The van der Waals surface area contributed by atoms with Crippen LogP contribution in [0.5, 0.6) is 0 Å². The van der Waals surface area contributed by atoms with Crippen molar-refractivity contribution in [2.75, 3.05) is 33.2 Å². The van der Waals surface area contributed by atoms with Gasteiger partial charge in [-0.15, -0.1) is 6.58 Å². The summed E-state index contributed by atoms with van der Waals surface area (Å²) in [6.07, 6.45) is 7.03. The van der Waals surface area contributed by atoms with Gasteiger partial charge in [0.25, 0.3) is 0 Å². The molecule has 2 N–H and O–H groups in total. The Hall–Kier alpha value is -0.870. The molecule has 19 heavy (non-hydrogen) atoms. The van der Waals surface area contributed by atoms with Gasteiger partial charge in [0.2, 0.25) is 0 Å². The van der Waals surface area contributed by atoms with Crippen LogP contribution in [0.4, 0.5) is 4.39 Å². The molecule has 0 aromatic heterocycles. The van der Waals surface area contributed by atoms with Crippen LogP contribution < -0.4 is 5.73 Å². The largest absolute Gasteiger partial charge is 0.405 e. The molecule has 2 rings (SSSR count). The van der Waals surface area contributed by atoms with E-state index in [-0.39, 0.29) is 6.04 Å². The molecule has 2 fully saturated rings. The van der Waals surface area contributed by atoms with Crippen molar-refractivity contribution in [3.05, 3.63) is 24.9 Å². The van der Waals surface area contributed by atoms with Crippen LogP contribution in [0.15, 0.2) is 24.9 Å². The van der Waals surface area contributed by atoms with Crippen molar-refractivity contribution >= 4 is 0 Å². The van der Waals surface area contributed by atoms with Gasteiger partial charge >= 0.3 is 0 Å². The number of hydrogen-bond acceptors (Lipinski definition) is 3. The summed E-state index contributed by atoms with van der Waals surface area (Å²) in [5.41, 5.74) is 5.70. The molecule has 2 aliphatic rings. The normalized spacial score (nSPS) is 27.9. The number of halogens is 1. The molecule has 0 bridgehead atoms. The molecule has 4 heteroatoms. The average Bonchev–Trinajstić information content (AvgIpc) is 2.79. The lowest BCUT2D eigenvalue weighted by Gasteiger charge is -2.38. The molecular formula is C15H26FN3. The number of piperidine rings is 1. The third-order valence-corrected chi connectivity index (χ3v) is 4.80. The maximum absolute atomic E-state index is 14.0. The molecule has 108 valence electrons. The highest BCUT2D eigenvalue weighted by Crippen LogP contribution is 2.41. The summed E-state index contributed by atoms with van der Waals surface area (Å²) in [6.45, 7) is 8.08. The van der Waals surface area contributed by atoms with Crippen LogP contribution in [0.3, 0.4) is 0 Å². The van der Waals surface area contributed by atoms with Crippen molar-refractivity contribution in [2.24, 2.45) is 11.1 Å². The highest BCUT2D eigenvalue weighted by Gasteiger charge is 2.42. The maximum Gasteiger partial charge on any atom is 0.139 e. The molecule has 0 saturated carbocycles. The first kappa shape index (κ1) is 14.5. The quantitative estimate of drug-likeness (QED) is 0.788. The maximum atomic E-state index is 14.0. The molecule has 2 saturated heterocycles. The van der Waals surface area contributed by atoms with Crippen molar-refractivity contribution in [2.45, 2.75) is 31.5 Å². The van der Waals surface area contributed by atoms with E-state index in [9.17, 15) is 4.39 Å². The van der Waals surface area contributed by atoms with E-state index >= 15 is 0 Å². The molecular weight excluding hydrogens is 241 g/mol. The van der Waals surface area contributed by atoms with E-state index in [1.54, 1.807) is 6.08 Å². The van der Waals surface area contributed by atoms with Crippen molar-refractivity contribution < 1.29 is 4.39 Å². The molecule has 0 amide bonds. The zero-order valence-electron chi connectivity index (χ0n) is 11.9. The molecule has 0 aromatic rings. The first-order valence-electron chi connectivity index (χ1n) is 7.18. The molecule has 1 spiro atoms. The summed E-state index contributed by atoms with van der Waals surface area (Å²) in [5.74, 6) is 0. The van der Waals surface area contributed by atoms with Gasteiger partial charge in [0.05, 0.1) is 6.04 Å². The van der Waals surface area contributed by atoms with Gasteiger partial charge in [-0.25, -0.2) is 4.39 Å². The lowest BCUT2D eigenvalue weighted by molar-refractivity contribution is 0.112. The molecule has 2 aliphatic heterocycles. The zero-order chi connectivity index (χ0) is 13.9. The van der Waals surface area contributed by atoms with Crippen LogP contribution in [0.25, 0.3) is 0 Å².